The molecular weight excluding hydrogens is 467 g/mol. The van der Waals surface area contributed by atoms with Gasteiger partial charge >= 0.3 is 14.5 Å². The lowest BCUT2D eigenvalue weighted by molar-refractivity contribution is -0.384. The van der Waals surface area contributed by atoms with Gasteiger partial charge in [0.2, 0.25) is 0 Å². The molecule has 2 aromatic rings. The Morgan fingerprint density at radius 2 is 1.66 bits per heavy atom. The molecule has 0 amide bonds. The molecule has 2 aromatic carbocycles. The van der Waals surface area contributed by atoms with Gasteiger partial charge in [0.15, 0.2) is 0 Å². The Morgan fingerprint density at radius 3 is 2.14 bits per heavy atom. The van der Waals surface area contributed by atoms with Crippen LogP contribution in [0.2, 0.25) is 0 Å². The molecule has 8 nitrogen and oxygen atoms in total. The molecule has 0 spiro atoms. The molecule has 9 heteroatoms. The molecule has 0 radical (unpaired) electrons. The van der Waals surface area contributed by atoms with E-state index in [1.165, 1.54) is 29.8 Å². The molecule has 190 valence electrons. The number of esters is 1. The molecule has 0 aliphatic heterocycles. The molecule has 1 atom stereocenters. The fourth-order valence-corrected chi connectivity index (χ4v) is 3.09. The molecule has 0 saturated carbocycles. The first kappa shape index (κ1) is 31.5. The first-order valence-corrected chi connectivity index (χ1v) is 12.3. The standard InChI is InChI=1S/C16H17N2O6P.C8H12.C2H6/c1-2-22-16(19)12-17-25(23-14-6-4-3-5-7-14)24-15-10-8-13(9-11-15)18(20)21;1-4-6-7-8(3)5-2;1-2/h3-11,17H,2,12H2,1H3;4-7H,2H2,1,3H3;1-2H3/b;6-4-,8-7-;. The smallest absolute Gasteiger partial charge is 0.382 e. The zero-order valence-electron chi connectivity index (χ0n) is 21.0. The van der Waals surface area contributed by atoms with E-state index in [-0.39, 0.29) is 18.8 Å². The number of hydrogen-bond donors (Lipinski definition) is 1. The van der Waals surface area contributed by atoms with Crippen molar-refractivity contribution in [1.29, 1.82) is 0 Å². The first-order chi connectivity index (χ1) is 16.9. The second kappa shape index (κ2) is 19.9. The van der Waals surface area contributed by atoms with Crippen molar-refractivity contribution in [3.63, 3.8) is 0 Å². The van der Waals surface area contributed by atoms with Crippen LogP contribution in [0.15, 0.2) is 91.1 Å². The maximum absolute atomic E-state index is 11.5. The van der Waals surface area contributed by atoms with Crippen molar-refractivity contribution < 1.29 is 23.5 Å². The van der Waals surface area contributed by atoms with Gasteiger partial charge in [-0.05, 0) is 45.0 Å². The average molecular weight is 503 g/mol. The highest BCUT2D eigenvalue weighted by molar-refractivity contribution is 7.45. The van der Waals surface area contributed by atoms with Crippen molar-refractivity contribution in [3.05, 3.63) is 101 Å². The van der Waals surface area contributed by atoms with Crippen molar-refractivity contribution in [2.45, 2.75) is 34.6 Å². The summed E-state index contributed by atoms with van der Waals surface area (Å²) in [5.74, 6) is 0.509. The molecule has 0 aliphatic carbocycles. The second-order valence-electron chi connectivity index (χ2n) is 6.28. The molecular formula is C26H35N2O6P. The van der Waals surface area contributed by atoms with Gasteiger partial charge in [0.05, 0.1) is 11.5 Å². The molecule has 1 unspecified atom stereocenters. The van der Waals surface area contributed by atoms with E-state index in [2.05, 4.69) is 11.7 Å². The van der Waals surface area contributed by atoms with E-state index in [1.807, 2.05) is 58.1 Å². The van der Waals surface area contributed by atoms with Crippen LogP contribution in [0.4, 0.5) is 5.69 Å². The highest BCUT2D eigenvalue weighted by Gasteiger charge is 2.18. The number of ether oxygens (including phenoxy) is 1. The molecule has 1 N–H and O–H groups in total. The van der Waals surface area contributed by atoms with Crippen molar-refractivity contribution in [2.75, 3.05) is 13.2 Å². The van der Waals surface area contributed by atoms with Gasteiger partial charge in [0.1, 0.15) is 18.0 Å². The summed E-state index contributed by atoms with van der Waals surface area (Å²) in [7, 11) is -1.70. The van der Waals surface area contributed by atoms with Crippen LogP contribution < -0.4 is 14.1 Å². The summed E-state index contributed by atoms with van der Waals surface area (Å²) in [6.07, 6.45) is 7.84. The van der Waals surface area contributed by atoms with Crippen LogP contribution in [-0.4, -0.2) is 24.0 Å². The molecule has 0 aromatic heterocycles. The third kappa shape index (κ3) is 15.1. The van der Waals surface area contributed by atoms with Gasteiger partial charge < -0.3 is 13.8 Å². The quantitative estimate of drug-likeness (QED) is 0.114. The van der Waals surface area contributed by atoms with Gasteiger partial charge in [-0.25, -0.2) is 5.09 Å². The highest BCUT2D eigenvalue weighted by atomic mass is 31.2. The molecule has 0 heterocycles. The van der Waals surface area contributed by atoms with E-state index in [0.717, 1.165) is 0 Å². The number of para-hydroxylation sites is 1. The minimum absolute atomic E-state index is 0.0415. The van der Waals surface area contributed by atoms with Crippen LogP contribution >= 0.6 is 8.53 Å². The zero-order chi connectivity index (χ0) is 26.5. The third-order valence-electron chi connectivity index (χ3n) is 3.70. The van der Waals surface area contributed by atoms with Crippen LogP contribution in [-0.2, 0) is 9.53 Å². The number of benzene rings is 2. The number of non-ortho nitro benzene ring substituents is 1. The summed E-state index contributed by atoms with van der Waals surface area (Å²) < 4.78 is 16.3. The average Bonchev–Trinajstić information content (AvgIpc) is 2.88. The van der Waals surface area contributed by atoms with Crippen LogP contribution in [0.5, 0.6) is 11.5 Å². The largest absolute Gasteiger partial charge is 0.465 e. The van der Waals surface area contributed by atoms with Crippen molar-refractivity contribution in [1.82, 2.24) is 5.09 Å². The van der Waals surface area contributed by atoms with Crippen LogP contribution in [0, 0.1) is 10.1 Å². The van der Waals surface area contributed by atoms with Crippen LogP contribution in [0.1, 0.15) is 34.6 Å². The van der Waals surface area contributed by atoms with E-state index in [1.54, 1.807) is 31.2 Å². The van der Waals surface area contributed by atoms with Crippen LogP contribution in [0.3, 0.4) is 0 Å². The number of carbonyl (C=O) groups is 1. The Morgan fingerprint density at radius 1 is 1.09 bits per heavy atom. The van der Waals surface area contributed by atoms with Crippen LogP contribution in [0.25, 0.3) is 0 Å². The van der Waals surface area contributed by atoms with Crippen molar-refractivity contribution in [3.8, 4) is 11.5 Å². The number of carbonyl (C=O) groups excluding carboxylic acids is 1. The fraction of sp³-hybridized carbons (Fsp3) is 0.269. The summed E-state index contributed by atoms with van der Waals surface area (Å²) in [5, 5.41) is 13.5. The number of nitro benzene ring substituents is 1. The lowest BCUT2D eigenvalue weighted by atomic mass is 10.3. The van der Waals surface area contributed by atoms with Gasteiger partial charge in [-0.3, -0.25) is 14.9 Å². The molecule has 0 aliphatic rings. The number of nitrogens with one attached hydrogen (secondary N) is 1. The normalized spacial score (nSPS) is 11.2. The van der Waals surface area contributed by atoms with E-state index in [9.17, 15) is 14.9 Å². The highest BCUT2D eigenvalue weighted by Crippen LogP contribution is 2.37. The molecule has 35 heavy (non-hydrogen) atoms. The molecule has 0 bridgehead atoms. The predicted molar refractivity (Wildman–Crippen MR) is 142 cm³/mol. The summed E-state index contributed by atoms with van der Waals surface area (Å²) in [6, 6.07) is 14.6. The third-order valence-corrected chi connectivity index (χ3v) is 4.87. The van der Waals surface area contributed by atoms with Gasteiger partial charge in [0, 0.05) is 12.1 Å². The monoisotopic (exact) mass is 502 g/mol. The fourth-order valence-electron chi connectivity index (χ4n) is 2.04. The molecule has 0 saturated heterocycles. The zero-order valence-corrected chi connectivity index (χ0v) is 21.9. The number of hydrogen-bond acceptors (Lipinski definition) is 7. The molecule has 2 rings (SSSR count). The van der Waals surface area contributed by atoms with Gasteiger partial charge in [0.25, 0.3) is 5.69 Å². The summed E-state index contributed by atoms with van der Waals surface area (Å²) in [4.78, 5) is 21.7. The number of nitro groups is 1. The Balaban J connectivity index is 0.000000982. The number of allylic oxidation sites excluding steroid dienone is 5. The Hall–Kier alpha value is -3.48. The minimum Gasteiger partial charge on any atom is -0.465 e. The predicted octanol–water partition coefficient (Wildman–Crippen LogP) is 7.15. The van der Waals surface area contributed by atoms with Crippen molar-refractivity contribution >= 4 is 20.2 Å². The summed E-state index contributed by atoms with van der Waals surface area (Å²) in [6.45, 7) is 13.5. The van der Waals surface area contributed by atoms with E-state index in [4.69, 9.17) is 13.8 Å². The van der Waals surface area contributed by atoms with Gasteiger partial charge in [-0.2, -0.15) is 0 Å². The Labute approximate surface area is 209 Å². The summed E-state index contributed by atoms with van der Waals surface area (Å²) >= 11 is 0. The Kier molecular flexibility index (Phi) is 18.0. The van der Waals surface area contributed by atoms with E-state index < -0.39 is 19.4 Å². The Bertz CT molecular complexity index is 931. The first-order valence-electron chi connectivity index (χ1n) is 11.2. The maximum atomic E-state index is 11.5. The second-order valence-corrected chi connectivity index (χ2v) is 7.48. The SMILES string of the molecule is C=C/C(C)=C\C=C/C.CC.CCOC(=O)CNP(Oc1ccccc1)Oc1ccc([N+](=O)[O-])cc1. The topological polar surface area (TPSA) is 99.9 Å². The maximum Gasteiger partial charge on any atom is 0.382 e. The van der Waals surface area contributed by atoms with Crippen molar-refractivity contribution in [2.24, 2.45) is 0 Å². The lowest BCUT2D eigenvalue weighted by Crippen LogP contribution is -2.24. The number of nitrogens with zero attached hydrogens (tertiary/aromatic N) is 1. The minimum atomic E-state index is -1.70. The molecule has 0 fully saturated rings. The van der Waals surface area contributed by atoms with Gasteiger partial charge in [-0.1, -0.05) is 68.5 Å². The van der Waals surface area contributed by atoms with Gasteiger partial charge in [-0.15, -0.1) is 0 Å². The lowest BCUT2D eigenvalue weighted by Gasteiger charge is -2.18. The van der Waals surface area contributed by atoms with E-state index >= 15 is 0 Å². The van der Waals surface area contributed by atoms with E-state index in [0.29, 0.717) is 11.5 Å². The number of rotatable bonds is 11. The summed E-state index contributed by atoms with van der Waals surface area (Å²) in [5.41, 5.74) is 1.16.